The van der Waals surface area contributed by atoms with E-state index in [9.17, 15) is 0 Å². The van der Waals surface area contributed by atoms with Crippen LogP contribution in [0.1, 0.15) is 20.3 Å². The van der Waals surface area contributed by atoms with Crippen LogP contribution in [0.2, 0.25) is 0 Å². The third kappa shape index (κ3) is 1.62. The zero-order valence-electron chi connectivity index (χ0n) is 5.86. The molecule has 2 heteroatoms. The van der Waals surface area contributed by atoms with Crippen molar-refractivity contribution in [3.8, 4) is 0 Å². The molecule has 0 aliphatic carbocycles. The molecule has 8 heavy (non-hydrogen) atoms. The topological polar surface area (TPSA) is 24.4 Å². The van der Waals surface area contributed by atoms with Gasteiger partial charge in [0.25, 0.3) is 0 Å². The second kappa shape index (κ2) is 2.82. The standard InChI is InChI=1S/C6H14N2/c1-5-6(2,7-3)8-4/h8H,3,5H2,1-2,4H3. The van der Waals surface area contributed by atoms with E-state index in [4.69, 9.17) is 0 Å². The molecular weight excluding hydrogens is 100 g/mol. The highest BCUT2D eigenvalue weighted by Crippen LogP contribution is 2.07. The number of aliphatic imine (C=N–C) groups is 1. The SMILES string of the molecule is C=NC(C)(CC)NC. The second-order valence-electron chi connectivity index (χ2n) is 2.04. The third-order valence-corrected chi connectivity index (χ3v) is 1.58. The molecule has 0 saturated carbocycles. The average molecular weight is 114 g/mol. The Bertz CT molecular complexity index is 74.6. The molecule has 48 valence electrons. The zero-order valence-corrected chi connectivity index (χ0v) is 5.86. The van der Waals surface area contributed by atoms with Crippen molar-refractivity contribution in [2.24, 2.45) is 4.99 Å². The molecule has 0 bridgehead atoms. The Labute approximate surface area is 51.0 Å². The molecule has 0 aromatic carbocycles. The van der Waals surface area contributed by atoms with Crippen LogP contribution in [0.4, 0.5) is 0 Å². The molecule has 2 nitrogen and oxygen atoms in total. The van der Waals surface area contributed by atoms with Gasteiger partial charge in [0.1, 0.15) is 5.66 Å². The van der Waals surface area contributed by atoms with E-state index in [1.54, 1.807) is 0 Å². The van der Waals surface area contributed by atoms with Gasteiger partial charge < -0.3 is 0 Å². The summed E-state index contributed by atoms with van der Waals surface area (Å²) in [5.41, 5.74) is -0.111. The van der Waals surface area contributed by atoms with Gasteiger partial charge in [-0.2, -0.15) is 0 Å². The molecule has 0 aromatic heterocycles. The minimum Gasteiger partial charge on any atom is -0.297 e. The summed E-state index contributed by atoms with van der Waals surface area (Å²) < 4.78 is 0. The molecule has 1 atom stereocenters. The minimum atomic E-state index is -0.111. The summed E-state index contributed by atoms with van der Waals surface area (Å²) in [6.45, 7) is 7.55. The Kier molecular flexibility index (Phi) is 2.69. The van der Waals surface area contributed by atoms with E-state index in [1.165, 1.54) is 0 Å². The zero-order chi connectivity index (χ0) is 6.62. The Morgan fingerprint density at radius 2 is 2.25 bits per heavy atom. The molecule has 0 aliphatic rings. The Morgan fingerprint density at radius 3 is 2.25 bits per heavy atom. The fourth-order valence-electron chi connectivity index (χ4n) is 0.368. The first-order valence-electron chi connectivity index (χ1n) is 2.85. The van der Waals surface area contributed by atoms with Crippen LogP contribution in [0.25, 0.3) is 0 Å². The summed E-state index contributed by atoms with van der Waals surface area (Å²) in [6.07, 6.45) is 0.979. The Hall–Kier alpha value is -0.370. The van der Waals surface area contributed by atoms with Gasteiger partial charge in [0, 0.05) is 0 Å². The molecule has 0 amide bonds. The van der Waals surface area contributed by atoms with E-state index < -0.39 is 0 Å². The van der Waals surface area contributed by atoms with Crippen molar-refractivity contribution in [2.75, 3.05) is 7.05 Å². The van der Waals surface area contributed by atoms with Gasteiger partial charge in [0.15, 0.2) is 0 Å². The molecule has 0 radical (unpaired) electrons. The predicted molar refractivity (Wildman–Crippen MR) is 37.3 cm³/mol. The van der Waals surface area contributed by atoms with Crippen LogP contribution in [0.5, 0.6) is 0 Å². The van der Waals surface area contributed by atoms with Gasteiger partial charge in [-0.25, -0.2) is 0 Å². The van der Waals surface area contributed by atoms with Gasteiger partial charge in [-0.3, -0.25) is 10.3 Å². The van der Waals surface area contributed by atoms with Crippen molar-refractivity contribution in [2.45, 2.75) is 25.9 Å². The number of nitrogens with one attached hydrogen (secondary N) is 1. The smallest absolute Gasteiger partial charge is 0.106 e. The maximum atomic E-state index is 3.90. The van der Waals surface area contributed by atoms with E-state index in [1.807, 2.05) is 14.0 Å². The quantitative estimate of drug-likeness (QED) is 0.544. The lowest BCUT2D eigenvalue weighted by molar-refractivity contribution is 0.393. The second-order valence-corrected chi connectivity index (χ2v) is 2.04. The van der Waals surface area contributed by atoms with Gasteiger partial charge in [0.05, 0.1) is 0 Å². The van der Waals surface area contributed by atoms with E-state index in [2.05, 4.69) is 24.0 Å². The molecule has 0 saturated heterocycles. The van der Waals surface area contributed by atoms with E-state index in [-0.39, 0.29) is 5.66 Å². The van der Waals surface area contributed by atoms with Gasteiger partial charge >= 0.3 is 0 Å². The largest absolute Gasteiger partial charge is 0.297 e. The van der Waals surface area contributed by atoms with Crippen molar-refractivity contribution >= 4 is 6.72 Å². The van der Waals surface area contributed by atoms with Crippen LogP contribution in [-0.4, -0.2) is 19.4 Å². The first kappa shape index (κ1) is 7.63. The monoisotopic (exact) mass is 114 g/mol. The van der Waals surface area contributed by atoms with Crippen molar-refractivity contribution in [3.63, 3.8) is 0 Å². The maximum Gasteiger partial charge on any atom is 0.106 e. The molecule has 0 rings (SSSR count). The van der Waals surface area contributed by atoms with Crippen LogP contribution in [0.3, 0.4) is 0 Å². The average Bonchev–Trinajstić information content (AvgIpc) is 1.87. The Balaban J connectivity index is 3.76. The first-order chi connectivity index (χ1) is 3.68. The summed E-state index contributed by atoms with van der Waals surface area (Å²) in [7, 11) is 1.89. The molecule has 1 unspecified atom stereocenters. The van der Waals surface area contributed by atoms with Crippen molar-refractivity contribution in [3.05, 3.63) is 0 Å². The van der Waals surface area contributed by atoms with Crippen LogP contribution in [0.15, 0.2) is 4.99 Å². The molecule has 0 aromatic rings. The normalized spacial score (nSPS) is 17.4. The van der Waals surface area contributed by atoms with E-state index in [0.29, 0.717) is 0 Å². The summed E-state index contributed by atoms with van der Waals surface area (Å²) >= 11 is 0. The van der Waals surface area contributed by atoms with Crippen molar-refractivity contribution < 1.29 is 0 Å². The minimum absolute atomic E-state index is 0.111. The van der Waals surface area contributed by atoms with Crippen molar-refractivity contribution in [1.29, 1.82) is 0 Å². The number of nitrogens with zero attached hydrogens (tertiary/aromatic N) is 1. The maximum absolute atomic E-state index is 3.90. The number of hydrogen-bond donors (Lipinski definition) is 1. The highest BCUT2D eigenvalue weighted by Gasteiger charge is 2.13. The summed E-state index contributed by atoms with van der Waals surface area (Å²) in [5, 5.41) is 3.05. The lowest BCUT2D eigenvalue weighted by atomic mass is 10.1. The lowest BCUT2D eigenvalue weighted by Gasteiger charge is -2.21. The molecular formula is C6H14N2. The lowest BCUT2D eigenvalue weighted by Crippen LogP contribution is -2.36. The van der Waals surface area contributed by atoms with Gasteiger partial charge in [0.2, 0.25) is 0 Å². The predicted octanol–water partition coefficient (Wildman–Crippen LogP) is 1.03. The summed E-state index contributed by atoms with van der Waals surface area (Å²) in [5.74, 6) is 0. The fraction of sp³-hybridized carbons (Fsp3) is 0.833. The molecule has 0 aliphatic heterocycles. The molecule has 0 fully saturated rings. The summed E-state index contributed by atoms with van der Waals surface area (Å²) in [6, 6.07) is 0. The molecule has 0 spiro atoms. The van der Waals surface area contributed by atoms with Crippen molar-refractivity contribution in [1.82, 2.24) is 5.32 Å². The highest BCUT2D eigenvalue weighted by molar-refractivity contribution is 5.25. The van der Waals surface area contributed by atoms with Gasteiger partial charge in [-0.1, -0.05) is 6.92 Å². The molecule has 0 heterocycles. The highest BCUT2D eigenvalue weighted by atomic mass is 15.1. The fourth-order valence-corrected chi connectivity index (χ4v) is 0.368. The van der Waals surface area contributed by atoms with Gasteiger partial charge in [-0.05, 0) is 27.1 Å². The number of hydrogen-bond acceptors (Lipinski definition) is 2. The van der Waals surface area contributed by atoms with Crippen LogP contribution in [0, 0.1) is 0 Å². The van der Waals surface area contributed by atoms with Crippen LogP contribution in [-0.2, 0) is 0 Å². The third-order valence-electron chi connectivity index (χ3n) is 1.58. The summed E-state index contributed by atoms with van der Waals surface area (Å²) in [4.78, 5) is 3.90. The van der Waals surface area contributed by atoms with Crippen LogP contribution < -0.4 is 5.32 Å². The van der Waals surface area contributed by atoms with E-state index in [0.717, 1.165) is 6.42 Å². The van der Waals surface area contributed by atoms with Gasteiger partial charge in [-0.15, -0.1) is 0 Å². The molecule has 1 N–H and O–H groups in total. The Morgan fingerprint density at radius 1 is 1.75 bits per heavy atom. The first-order valence-corrected chi connectivity index (χ1v) is 2.85. The van der Waals surface area contributed by atoms with Crippen LogP contribution >= 0.6 is 0 Å². The number of rotatable bonds is 3. The van der Waals surface area contributed by atoms with E-state index >= 15 is 0 Å².